The van der Waals surface area contributed by atoms with Gasteiger partial charge in [0.05, 0.1) is 0 Å². The smallest absolute Gasteiger partial charge is 0.127 e. The van der Waals surface area contributed by atoms with E-state index in [0.29, 0.717) is 12.0 Å². The Morgan fingerprint density at radius 1 is 1.17 bits per heavy atom. The lowest BCUT2D eigenvalue weighted by atomic mass is 9.99. The van der Waals surface area contributed by atoms with Gasteiger partial charge in [-0.2, -0.15) is 0 Å². The zero-order valence-corrected chi connectivity index (χ0v) is 13.3. The van der Waals surface area contributed by atoms with Crippen LogP contribution in [0, 0.1) is 9.39 Å². The minimum atomic E-state index is -0.217. The molecule has 0 spiro atoms. The molecule has 1 nitrogen and oxygen atoms in total. The molecule has 2 aromatic carbocycles. The van der Waals surface area contributed by atoms with E-state index in [9.17, 15) is 4.39 Å². The molecule has 0 aliphatic carbocycles. The second-order valence-corrected chi connectivity index (χ2v) is 6.26. The van der Waals surface area contributed by atoms with E-state index < -0.39 is 0 Å². The fourth-order valence-corrected chi connectivity index (χ4v) is 2.44. The van der Waals surface area contributed by atoms with E-state index in [1.807, 2.05) is 30.3 Å². The van der Waals surface area contributed by atoms with Gasteiger partial charge in [-0.1, -0.05) is 34.1 Å². The Morgan fingerprint density at radius 3 is 2.44 bits per heavy atom. The van der Waals surface area contributed by atoms with Crippen molar-refractivity contribution < 1.29 is 4.39 Å². The first-order chi connectivity index (χ1) is 8.56. The van der Waals surface area contributed by atoms with Crippen molar-refractivity contribution in [1.82, 2.24) is 0 Å². The standard InChI is InChI=1S/C14H12BrFIN/c15-11-4-1-10(13(16)8-11)7-14(18)9-2-5-12(17)6-3-9/h1-6,8,14H,7,18H2. The maximum atomic E-state index is 13.7. The third-order valence-electron chi connectivity index (χ3n) is 2.75. The zero-order valence-electron chi connectivity index (χ0n) is 9.54. The van der Waals surface area contributed by atoms with Crippen LogP contribution in [0.2, 0.25) is 0 Å². The van der Waals surface area contributed by atoms with E-state index in [2.05, 4.69) is 38.5 Å². The Kier molecular flexibility index (Phi) is 4.75. The summed E-state index contributed by atoms with van der Waals surface area (Å²) >= 11 is 5.49. The second-order valence-electron chi connectivity index (χ2n) is 4.10. The molecule has 0 heterocycles. The van der Waals surface area contributed by atoms with Gasteiger partial charge in [0, 0.05) is 14.1 Å². The highest BCUT2D eigenvalue weighted by Gasteiger charge is 2.10. The molecule has 0 amide bonds. The molecule has 0 radical (unpaired) electrons. The molecule has 1 atom stereocenters. The van der Waals surface area contributed by atoms with Crippen LogP contribution in [0.15, 0.2) is 46.9 Å². The largest absolute Gasteiger partial charge is 0.324 e. The topological polar surface area (TPSA) is 26.0 Å². The Hall–Kier alpha value is -0.460. The predicted octanol–water partition coefficient (Wildman–Crippen LogP) is 4.44. The highest BCUT2D eigenvalue weighted by molar-refractivity contribution is 14.1. The molecule has 0 fully saturated rings. The van der Waals surface area contributed by atoms with Crippen LogP contribution >= 0.6 is 38.5 Å². The number of hydrogen-bond acceptors (Lipinski definition) is 1. The lowest BCUT2D eigenvalue weighted by Crippen LogP contribution is -2.14. The van der Waals surface area contributed by atoms with Crippen molar-refractivity contribution in [2.24, 2.45) is 5.73 Å². The lowest BCUT2D eigenvalue weighted by molar-refractivity contribution is 0.592. The van der Waals surface area contributed by atoms with Gasteiger partial charge in [-0.05, 0) is 64.4 Å². The molecule has 18 heavy (non-hydrogen) atoms. The molecule has 2 rings (SSSR count). The Bertz CT molecular complexity index is 542. The molecule has 2 N–H and O–H groups in total. The molecule has 4 heteroatoms. The molecule has 0 bridgehead atoms. The number of benzene rings is 2. The SMILES string of the molecule is NC(Cc1ccc(Br)cc1F)c1ccc(I)cc1. The van der Waals surface area contributed by atoms with Crippen LogP contribution in [-0.2, 0) is 6.42 Å². The summed E-state index contributed by atoms with van der Waals surface area (Å²) in [7, 11) is 0. The minimum absolute atomic E-state index is 0.183. The van der Waals surface area contributed by atoms with Crippen LogP contribution in [0.1, 0.15) is 17.2 Å². The maximum Gasteiger partial charge on any atom is 0.127 e. The van der Waals surface area contributed by atoms with Crippen molar-refractivity contribution in [3.63, 3.8) is 0 Å². The Morgan fingerprint density at radius 2 is 1.83 bits per heavy atom. The van der Waals surface area contributed by atoms with Gasteiger partial charge in [-0.3, -0.25) is 0 Å². The van der Waals surface area contributed by atoms with Gasteiger partial charge in [-0.15, -0.1) is 0 Å². The fourth-order valence-electron chi connectivity index (χ4n) is 1.75. The summed E-state index contributed by atoms with van der Waals surface area (Å²) in [4.78, 5) is 0. The first-order valence-electron chi connectivity index (χ1n) is 5.51. The summed E-state index contributed by atoms with van der Waals surface area (Å²) in [6.07, 6.45) is 0.500. The van der Waals surface area contributed by atoms with E-state index in [0.717, 1.165) is 10.0 Å². The molecular weight excluding hydrogens is 408 g/mol. The average molecular weight is 420 g/mol. The summed E-state index contributed by atoms with van der Waals surface area (Å²) in [5, 5.41) is 0. The van der Waals surface area contributed by atoms with Gasteiger partial charge in [-0.25, -0.2) is 4.39 Å². The van der Waals surface area contributed by atoms with E-state index in [1.54, 1.807) is 6.07 Å². The van der Waals surface area contributed by atoms with E-state index in [-0.39, 0.29) is 11.9 Å². The van der Waals surface area contributed by atoms with Crippen molar-refractivity contribution in [2.75, 3.05) is 0 Å². The van der Waals surface area contributed by atoms with Crippen LogP contribution in [0.4, 0.5) is 4.39 Å². The van der Waals surface area contributed by atoms with Crippen LogP contribution in [0.5, 0.6) is 0 Å². The van der Waals surface area contributed by atoms with Gasteiger partial charge < -0.3 is 5.73 Å². The van der Waals surface area contributed by atoms with Crippen LogP contribution in [0.3, 0.4) is 0 Å². The van der Waals surface area contributed by atoms with Crippen LogP contribution < -0.4 is 5.73 Å². The maximum absolute atomic E-state index is 13.7. The predicted molar refractivity (Wildman–Crippen MR) is 83.9 cm³/mol. The van der Waals surface area contributed by atoms with Gasteiger partial charge in [0.15, 0.2) is 0 Å². The van der Waals surface area contributed by atoms with Crippen molar-refractivity contribution in [2.45, 2.75) is 12.5 Å². The van der Waals surface area contributed by atoms with Crippen molar-refractivity contribution in [3.05, 3.63) is 67.5 Å². The molecule has 0 aliphatic heterocycles. The molecular formula is C14H12BrFIN. The summed E-state index contributed by atoms with van der Waals surface area (Å²) in [5.41, 5.74) is 7.77. The average Bonchev–Trinajstić information content (AvgIpc) is 2.33. The monoisotopic (exact) mass is 419 g/mol. The van der Waals surface area contributed by atoms with Crippen molar-refractivity contribution in [1.29, 1.82) is 0 Å². The second kappa shape index (κ2) is 6.12. The van der Waals surface area contributed by atoms with E-state index in [1.165, 1.54) is 9.64 Å². The summed E-state index contributed by atoms with van der Waals surface area (Å²) in [6, 6.07) is 12.9. The van der Waals surface area contributed by atoms with Crippen molar-refractivity contribution >= 4 is 38.5 Å². The Labute approximate surface area is 128 Å². The molecule has 94 valence electrons. The third kappa shape index (κ3) is 3.52. The normalized spacial score (nSPS) is 12.4. The van der Waals surface area contributed by atoms with E-state index >= 15 is 0 Å². The van der Waals surface area contributed by atoms with E-state index in [4.69, 9.17) is 5.73 Å². The first kappa shape index (κ1) is 14.0. The van der Waals surface area contributed by atoms with Crippen LogP contribution in [0.25, 0.3) is 0 Å². The van der Waals surface area contributed by atoms with Gasteiger partial charge >= 0.3 is 0 Å². The quantitative estimate of drug-likeness (QED) is 0.731. The molecule has 0 saturated heterocycles. The number of rotatable bonds is 3. The summed E-state index contributed by atoms with van der Waals surface area (Å²) in [5.74, 6) is -0.217. The minimum Gasteiger partial charge on any atom is -0.324 e. The van der Waals surface area contributed by atoms with Gasteiger partial charge in [0.25, 0.3) is 0 Å². The molecule has 0 aromatic heterocycles. The number of nitrogens with two attached hydrogens (primary N) is 1. The third-order valence-corrected chi connectivity index (χ3v) is 3.97. The first-order valence-corrected chi connectivity index (χ1v) is 7.38. The molecule has 0 saturated carbocycles. The van der Waals surface area contributed by atoms with Crippen molar-refractivity contribution in [3.8, 4) is 0 Å². The summed E-state index contributed by atoms with van der Waals surface area (Å²) < 4.78 is 15.6. The van der Waals surface area contributed by atoms with Crippen LogP contribution in [-0.4, -0.2) is 0 Å². The highest BCUT2D eigenvalue weighted by Crippen LogP contribution is 2.21. The van der Waals surface area contributed by atoms with Gasteiger partial charge in [0.2, 0.25) is 0 Å². The zero-order chi connectivity index (χ0) is 13.1. The number of hydrogen-bond donors (Lipinski definition) is 1. The fraction of sp³-hybridized carbons (Fsp3) is 0.143. The molecule has 1 unspecified atom stereocenters. The molecule has 2 aromatic rings. The lowest BCUT2D eigenvalue weighted by Gasteiger charge is -2.13. The highest BCUT2D eigenvalue weighted by atomic mass is 127. The van der Waals surface area contributed by atoms with Gasteiger partial charge in [0.1, 0.15) is 5.82 Å². The Balaban J connectivity index is 2.15. The molecule has 0 aliphatic rings. The summed E-state index contributed by atoms with van der Waals surface area (Å²) in [6.45, 7) is 0. The number of halogens is 3.